The number of benzene rings is 3. The minimum Gasteiger partial charge on any atom is -0.485 e. The molecule has 0 N–H and O–H groups in total. The Balaban J connectivity index is 1.49. The molecule has 0 fully saturated rings. The molecule has 1 heterocycles. The molecule has 4 aromatic rings. The van der Waals surface area contributed by atoms with E-state index >= 15 is 0 Å². The molecule has 174 valence electrons. The zero-order valence-corrected chi connectivity index (χ0v) is 20.3. The minimum absolute atomic E-state index is 0.0634. The molecule has 8 heteroatoms. The van der Waals surface area contributed by atoms with Gasteiger partial charge in [-0.2, -0.15) is 0 Å². The van der Waals surface area contributed by atoms with Crippen LogP contribution >= 0.6 is 23.4 Å². The number of ether oxygens (including phenoxy) is 2. The standard InChI is InChI=1S/C26H24ClN3O3S/c1-32-16-15-30-25(17-33-24-14-8-6-11-20(24)19-9-3-2-4-10-19)28-29-26(30)34-18-23(31)21-12-5-7-13-22(21)27/h2-14H,15-18H2,1H3. The van der Waals surface area contributed by atoms with Crippen LogP contribution in [0.4, 0.5) is 0 Å². The highest BCUT2D eigenvalue weighted by Crippen LogP contribution is 2.30. The smallest absolute Gasteiger partial charge is 0.191 e. The summed E-state index contributed by atoms with van der Waals surface area (Å²) in [5.41, 5.74) is 2.58. The number of methoxy groups -OCH3 is 1. The van der Waals surface area contributed by atoms with E-state index in [1.807, 2.05) is 59.2 Å². The maximum atomic E-state index is 12.6. The molecule has 0 bridgehead atoms. The van der Waals surface area contributed by atoms with Crippen LogP contribution in [0.1, 0.15) is 16.2 Å². The van der Waals surface area contributed by atoms with Gasteiger partial charge < -0.3 is 14.0 Å². The van der Waals surface area contributed by atoms with Gasteiger partial charge in [-0.05, 0) is 23.8 Å². The summed E-state index contributed by atoms with van der Waals surface area (Å²) in [6.45, 7) is 1.27. The van der Waals surface area contributed by atoms with Gasteiger partial charge in [0.2, 0.25) is 0 Å². The highest BCUT2D eigenvalue weighted by atomic mass is 35.5. The molecule has 0 amide bonds. The Morgan fingerprint density at radius 3 is 2.50 bits per heavy atom. The van der Waals surface area contributed by atoms with E-state index in [2.05, 4.69) is 10.2 Å². The number of carbonyl (C=O) groups is 1. The van der Waals surface area contributed by atoms with E-state index in [9.17, 15) is 4.79 Å². The van der Waals surface area contributed by atoms with Crippen molar-refractivity contribution in [2.45, 2.75) is 18.3 Å². The molecule has 0 spiro atoms. The molecule has 0 aliphatic carbocycles. The quantitative estimate of drug-likeness (QED) is 0.194. The first-order valence-electron chi connectivity index (χ1n) is 10.8. The second-order valence-electron chi connectivity index (χ2n) is 7.39. The predicted molar refractivity (Wildman–Crippen MR) is 135 cm³/mol. The highest BCUT2D eigenvalue weighted by Gasteiger charge is 2.17. The maximum absolute atomic E-state index is 12.6. The number of aromatic nitrogens is 3. The molecule has 0 atom stereocenters. The number of nitrogens with zero attached hydrogens (tertiary/aromatic N) is 3. The zero-order chi connectivity index (χ0) is 23.8. The average molecular weight is 494 g/mol. The van der Waals surface area contributed by atoms with Gasteiger partial charge in [0.1, 0.15) is 12.4 Å². The first kappa shape index (κ1) is 24.0. The van der Waals surface area contributed by atoms with E-state index in [4.69, 9.17) is 21.1 Å². The van der Waals surface area contributed by atoms with Gasteiger partial charge >= 0.3 is 0 Å². The number of thioether (sulfide) groups is 1. The second kappa shape index (κ2) is 11.8. The third-order valence-corrected chi connectivity index (χ3v) is 6.44. The van der Waals surface area contributed by atoms with Crippen molar-refractivity contribution in [1.82, 2.24) is 14.8 Å². The first-order chi connectivity index (χ1) is 16.7. The van der Waals surface area contributed by atoms with E-state index in [1.54, 1.807) is 31.4 Å². The first-order valence-corrected chi connectivity index (χ1v) is 12.1. The SMILES string of the molecule is COCCn1c(COc2ccccc2-c2ccccc2)nnc1SCC(=O)c1ccccc1Cl. The second-order valence-corrected chi connectivity index (χ2v) is 8.74. The molecule has 0 radical (unpaired) electrons. The third kappa shape index (κ3) is 5.86. The van der Waals surface area contributed by atoms with E-state index in [-0.39, 0.29) is 18.1 Å². The van der Waals surface area contributed by atoms with Gasteiger partial charge in [0, 0.05) is 24.8 Å². The summed E-state index contributed by atoms with van der Waals surface area (Å²) < 4.78 is 13.4. The largest absolute Gasteiger partial charge is 0.485 e. The fraction of sp³-hybridized carbons (Fsp3) is 0.192. The van der Waals surface area contributed by atoms with Crippen LogP contribution in [0.25, 0.3) is 11.1 Å². The van der Waals surface area contributed by atoms with Crippen molar-refractivity contribution in [2.75, 3.05) is 19.5 Å². The summed E-state index contributed by atoms with van der Waals surface area (Å²) >= 11 is 7.49. The Hall–Kier alpha value is -3.13. The van der Waals surface area contributed by atoms with Crippen molar-refractivity contribution in [3.63, 3.8) is 0 Å². The van der Waals surface area contributed by atoms with E-state index in [1.165, 1.54) is 11.8 Å². The lowest BCUT2D eigenvalue weighted by Crippen LogP contribution is -2.13. The van der Waals surface area contributed by atoms with Crippen LogP contribution in [0.15, 0.2) is 84.0 Å². The number of ketones is 1. The predicted octanol–water partition coefficient (Wildman–Crippen LogP) is 5.80. The number of hydrogen-bond donors (Lipinski definition) is 0. The van der Waals surface area contributed by atoms with Crippen molar-refractivity contribution in [3.8, 4) is 16.9 Å². The van der Waals surface area contributed by atoms with E-state index in [0.717, 1.165) is 16.9 Å². The number of halogens is 1. The van der Waals surface area contributed by atoms with Gasteiger partial charge in [-0.25, -0.2) is 0 Å². The normalized spacial score (nSPS) is 10.9. The Morgan fingerprint density at radius 1 is 0.971 bits per heavy atom. The molecular weight excluding hydrogens is 470 g/mol. The fourth-order valence-electron chi connectivity index (χ4n) is 3.43. The lowest BCUT2D eigenvalue weighted by Gasteiger charge is -2.13. The summed E-state index contributed by atoms with van der Waals surface area (Å²) in [5.74, 6) is 1.56. The fourth-order valence-corrected chi connectivity index (χ4v) is 4.53. The molecule has 0 saturated carbocycles. The lowest BCUT2D eigenvalue weighted by atomic mass is 10.1. The monoisotopic (exact) mass is 493 g/mol. The number of para-hydroxylation sites is 1. The molecule has 0 unspecified atom stereocenters. The zero-order valence-electron chi connectivity index (χ0n) is 18.7. The number of Topliss-reactive ketones (excluding diaryl/α,β-unsaturated/α-hetero) is 1. The topological polar surface area (TPSA) is 66.2 Å². The third-order valence-electron chi connectivity index (χ3n) is 5.15. The Labute approximate surface area is 207 Å². The van der Waals surface area contributed by atoms with Crippen LogP contribution in [0.2, 0.25) is 5.02 Å². The van der Waals surface area contributed by atoms with Crippen LogP contribution in [-0.2, 0) is 17.9 Å². The van der Waals surface area contributed by atoms with Crippen LogP contribution in [0.3, 0.4) is 0 Å². The number of rotatable bonds is 11. The molecule has 1 aromatic heterocycles. The molecule has 34 heavy (non-hydrogen) atoms. The average Bonchev–Trinajstić information content (AvgIpc) is 3.27. The molecule has 4 rings (SSSR count). The van der Waals surface area contributed by atoms with Crippen molar-refractivity contribution in [3.05, 3.63) is 95.3 Å². The summed E-state index contributed by atoms with van der Waals surface area (Å²) in [6.07, 6.45) is 0. The summed E-state index contributed by atoms with van der Waals surface area (Å²) in [7, 11) is 1.64. The molecule has 0 aliphatic rings. The van der Waals surface area contributed by atoms with E-state index in [0.29, 0.717) is 34.7 Å². The molecule has 0 aliphatic heterocycles. The summed E-state index contributed by atoms with van der Waals surface area (Å²) in [4.78, 5) is 12.6. The lowest BCUT2D eigenvalue weighted by molar-refractivity contribution is 0.102. The minimum atomic E-state index is -0.0634. The van der Waals surface area contributed by atoms with Gasteiger partial charge in [-0.1, -0.05) is 84.0 Å². The number of hydrogen-bond acceptors (Lipinski definition) is 6. The van der Waals surface area contributed by atoms with E-state index < -0.39 is 0 Å². The van der Waals surface area contributed by atoms with Gasteiger partial charge in [-0.15, -0.1) is 10.2 Å². The van der Waals surface area contributed by atoms with Crippen molar-refractivity contribution >= 4 is 29.1 Å². The molecular formula is C26H24ClN3O3S. The van der Waals surface area contributed by atoms with Crippen molar-refractivity contribution in [1.29, 1.82) is 0 Å². The van der Waals surface area contributed by atoms with Crippen LogP contribution in [0.5, 0.6) is 5.75 Å². The molecule has 6 nitrogen and oxygen atoms in total. The van der Waals surface area contributed by atoms with Crippen LogP contribution < -0.4 is 4.74 Å². The van der Waals surface area contributed by atoms with Crippen LogP contribution in [-0.4, -0.2) is 40.0 Å². The van der Waals surface area contributed by atoms with Crippen molar-refractivity contribution < 1.29 is 14.3 Å². The van der Waals surface area contributed by atoms with Gasteiger partial charge in [0.15, 0.2) is 16.8 Å². The highest BCUT2D eigenvalue weighted by molar-refractivity contribution is 7.99. The van der Waals surface area contributed by atoms with Crippen molar-refractivity contribution in [2.24, 2.45) is 0 Å². The van der Waals surface area contributed by atoms with Crippen LogP contribution in [0, 0.1) is 0 Å². The Morgan fingerprint density at radius 2 is 1.71 bits per heavy atom. The summed E-state index contributed by atoms with van der Waals surface area (Å²) in [5, 5.41) is 9.71. The van der Waals surface area contributed by atoms with Gasteiger partial charge in [0.05, 0.1) is 17.4 Å². The van der Waals surface area contributed by atoms with Gasteiger partial charge in [-0.3, -0.25) is 4.79 Å². The Bertz CT molecular complexity index is 1250. The summed E-state index contributed by atoms with van der Waals surface area (Å²) in [6, 6.07) is 25.0. The maximum Gasteiger partial charge on any atom is 0.191 e. The Kier molecular flexibility index (Phi) is 8.36. The molecule has 0 saturated heterocycles. The molecule has 3 aromatic carbocycles. The number of carbonyl (C=O) groups excluding carboxylic acids is 1. The van der Waals surface area contributed by atoms with Gasteiger partial charge in [0.25, 0.3) is 0 Å².